The van der Waals surface area contributed by atoms with Gasteiger partial charge < -0.3 is 9.84 Å². The van der Waals surface area contributed by atoms with E-state index in [-0.39, 0.29) is 12.0 Å². The molecular weight excluding hydrogens is 356 g/mol. The number of benzene rings is 2. The normalized spacial score (nSPS) is 11.6. The van der Waals surface area contributed by atoms with E-state index in [1.165, 1.54) is 0 Å². The van der Waals surface area contributed by atoms with Crippen LogP contribution in [0.1, 0.15) is 65.0 Å². The lowest BCUT2D eigenvalue weighted by atomic mass is 9.91. The maximum absolute atomic E-state index is 12.5. The first-order valence-electron chi connectivity index (χ1n) is 9.62. The lowest BCUT2D eigenvalue weighted by Gasteiger charge is -2.16. The third-order valence-electron chi connectivity index (χ3n) is 4.71. The van der Waals surface area contributed by atoms with Gasteiger partial charge in [-0.25, -0.2) is 9.59 Å². The second-order valence-electron chi connectivity index (χ2n) is 6.78. The second kappa shape index (κ2) is 10.4. The Labute approximate surface area is 165 Å². The quantitative estimate of drug-likeness (QED) is 0.503. The van der Waals surface area contributed by atoms with Crippen LogP contribution in [0.15, 0.2) is 48.5 Å². The smallest absolute Gasteiger partial charge is 0.345 e. The van der Waals surface area contributed by atoms with Crippen LogP contribution in [0.4, 0.5) is 0 Å². The van der Waals surface area contributed by atoms with Crippen molar-refractivity contribution in [2.24, 2.45) is 5.92 Å². The van der Waals surface area contributed by atoms with Gasteiger partial charge in [-0.3, -0.25) is 4.79 Å². The fourth-order valence-corrected chi connectivity index (χ4v) is 3.03. The van der Waals surface area contributed by atoms with E-state index in [1.54, 1.807) is 36.4 Å². The van der Waals surface area contributed by atoms with Crippen LogP contribution in [-0.4, -0.2) is 23.0 Å². The van der Waals surface area contributed by atoms with E-state index in [0.29, 0.717) is 17.5 Å². The molecule has 2 aromatic rings. The van der Waals surface area contributed by atoms with Crippen molar-refractivity contribution < 1.29 is 24.2 Å². The van der Waals surface area contributed by atoms with Gasteiger partial charge in [-0.15, -0.1) is 0 Å². The summed E-state index contributed by atoms with van der Waals surface area (Å²) < 4.78 is 5.03. The Bertz CT molecular complexity index is 826. The molecule has 1 atom stereocenters. The predicted molar refractivity (Wildman–Crippen MR) is 106 cm³/mol. The minimum absolute atomic E-state index is 0.181. The van der Waals surface area contributed by atoms with E-state index in [2.05, 4.69) is 6.92 Å². The van der Waals surface area contributed by atoms with Gasteiger partial charge in [0, 0.05) is 0 Å². The molecular formula is C23H26O5. The van der Waals surface area contributed by atoms with Gasteiger partial charge >= 0.3 is 17.9 Å². The van der Waals surface area contributed by atoms with Crippen molar-refractivity contribution in [1.82, 2.24) is 0 Å². The Balaban J connectivity index is 2.17. The number of carbonyl (C=O) groups is 3. The first kappa shape index (κ1) is 21.4. The van der Waals surface area contributed by atoms with Gasteiger partial charge in [0.15, 0.2) is 0 Å². The first-order chi connectivity index (χ1) is 13.5. The zero-order valence-corrected chi connectivity index (χ0v) is 16.3. The molecule has 28 heavy (non-hydrogen) atoms. The predicted octanol–water partition coefficient (Wildman–Crippen LogP) is 4.68. The van der Waals surface area contributed by atoms with Crippen molar-refractivity contribution in [2.45, 2.75) is 46.0 Å². The molecule has 0 saturated carbocycles. The number of unbranched alkanes of at least 4 members (excludes halogenated alkanes) is 1. The summed E-state index contributed by atoms with van der Waals surface area (Å²) in [7, 11) is 0. The number of carbonyl (C=O) groups excluding carboxylic acids is 2. The van der Waals surface area contributed by atoms with Crippen LogP contribution in [0, 0.1) is 5.92 Å². The number of hydrogen-bond acceptors (Lipinski definition) is 4. The van der Waals surface area contributed by atoms with E-state index in [9.17, 15) is 19.5 Å². The molecule has 0 bridgehead atoms. The van der Waals surface area contributed by atoms with E-state index in [0.717, 1.165) is 24.8 Å². The Morgan fingerprint density at radius 2 is 1.75 bits per heavy atom. The molecule has 148 valence electrons. The molecule has 5 heteroatoms. The van der Waals surface area contributed by atoms with Crippen LogP contribution in [0.5, 0.6) is 0 Å². The summed E-state index contributed by atoms with van der Waals surface area (Å²) in [4.78, 5) is 36.2. The average Bonchev–Trinajstić information content (AvgIpc) is 2.70. The van der Waals surface area contributed by atoms with E-state index >= 15 is 0 Å². The standard InChI is InChI=1S/C23H26O5/c1-3-5-9-16-12-13-20(21(24)25)19(14-16)15-17(4-2)22(26)28-23(27)18-10-7-6-8-11-18/h6-8,10-14,17H,3-5,9,15H2,1-2H3,(H,24,25). The topological polar surface area (TPSA) is 80.7 Å². The van der Waals surface area contributed by atoms with E-state index in [1.807, 2.05) is 19.1 Å². The van der Waals surface area contributed by atoms with Crippen LogP contribution in [-0.2, 0) is 22.4 Å². The summed E-state index contributed by atoms with van der Waals surface area (Å²) in [5, 5.41) is 9.48. The summed E-state index contributed by atoms with van der Waals surface area (Å²) in [5.41, 5.74) is 2.13. The Morgan fingerprint density at radius 3 is 2.36 bits per heavy atom. The molecule has 0 radical (unpaired) electrons. The molecule has 0 saturated heterocycles. The Kier molecular flexibility index (Phi) is 7.93. The molecule has 0 spiro atoms. The van der Waals surface area contributed by atoms with Gasteiger partial charge in [-0.2, -0.15) is 0 Å². The van der Waals surface area contributed by atoms with Gasteiger partial charge in [0.25, 0.3) is 0 Å². The molecule has 0 aromatic heterocycles. The number of aryl methyl sites for hydroxylation is 1. The maximum Gasteiger partial charge on any atom is 0.345 e. The van der Waals surface area contributed by atoms with E-state index in [4.69, 9.17) is 4.74 Å². The van der Waals surface area contributed by atoms with Crippen molar-refractivity contribution in [3.8, 4) is 0 Å². The van der Waals surface area contributed by atoms with Crippen molar-refractivity contribution in [1.29, 1.82) is 0 Å². The van der Waals surface area contributed by atoms with Crippen LogP contribution >= 0.6 is 0 Å². The van der Waals surface area contributed by atoms with Gasteiger partial charge in [0.1, 0.15) is 0 Å². The van der Waals surface area contributed by atoms with Gasteiger partial charge in [0.2, 0.25) is 0 Å². The van der Waals surface area contributed by atoms with Crippen LogP contribution in [0.2, 0.25) is 0 Å². The Morgan fingerprint density at radius 1 is 1.04 bits per heavy atom. The molecule has 0 amide bonds. The molecule has 5 nitrogen and oxygen atoms in total. The number of rotatable bonds is 9. The number of ether oxygens (including phenoxy) is 1. The maximum atomic E-state index is 12.5. The number of carboxylic acids is 1. The molecule has 0 aliphatic heterocycles. The van der Waals surface area contributed by atoms with Crippen LogP contribution in [0.25, 0.3) is 0 Å². The zero-order valence-electron chi connectivity index (χ0n) is 16.3. The lowest BCUT2D eigenvalue weighted by molar-refractivity contribution is -0.142. The molecule has 2 rings (SSSR count). The number of esters is 2. The summed E-state index contributed by atoms with van der Waals surface area (Å²) >= 11 is 0. The zero-order chi connectivity index (χ0) is 20.5. The Hall–Kier alpha value is -2.95. The van der Waals surface area contributed by atoms with E-state index < -0.39 is 23.8 Å². The summed E-state index contributed by atoms with van der Waals surface area (Å²) in [6, 6.07) is 13.6. The third kappa shape index (κ3) is 5.78. The van der Waals surface area contributed by atoms with Gasteiger partial charge in [0.05, 0.1) is 17.0 Å². The first-order valence-corrected chi connectivity index (χ1v) is 9.62. The highest BCUT2D eigenvalue weighted by Crippen LogP contribution is 2.21. The minimum Gasteiger partial charge on any atom is -0.478 e. The minimum atomic E-state index is -1.03. The van der Waals surface area contributed by atoms with Gasteiger partial charge in [-0.05, 0) is 55.0 Å². The molecule has 1 unspecified atom stereocenters. The number of hydrogen-bond donors (Lipinski definition) is 1. The third-order valence-corrected chi connectivity index (χ3v) is 4.71. The number of carboxylic acid groups (broad SMARTS) is 1. The largest absolute Gasteiger partial charge is 0.478 e. The molecule has 0 fully saturated rings. The van der Waals surface area contributed by atoms with Crippen molar-refractivity contribution in [3.05, 3.63) is 70.8 Å². The van der Waals surface area contributed by atoms with Crippen molar-refractivity contribution in [2.75, 3.05) is 0 Å². The highest BCUT2D eigenvalue weighted by molar-refractivity contribution is 5.97. The molecule has 0 aliphatic carbocycles. The number of aromatic carboxylic acids is 1. The second-order valence-corrected chi connectivity index (χ2v) is 6.78. The molecule has 0 aliphatic rings. The fourth-order valence-electron chi connectivity index (χ4n) is 3.03. The molecule has 1 N–H and O–H groups in total. The van der Waals surface area contributed by atoms with Crippen LogP contribution in [0.3, 0.4) is 0 Å². The average molecular weight is 382 g/mol. The fraction of sp³-hybridized carbons (Fsp3) is 0.348. The lowest BCUT2D eigenvalue weighted by Crippen LogP contribution is -2.23. The molecule has 2 aromatic carbocycles. The highest BCUT2D eigenvalue weighted by atomic mass is 16.6. The van der Waals surface area contributed by atoms with Gasteiger partial charge in [-0.1, -0.05) is 50.6 Å². The summed E-state index contributed by atoms with van der Waals surface area (Å²) in [6.07, 6.45) is 3.58. The SMILES string of the molecule is CCCCc1ccc(C(=O)O)c(CC(CC)C(=O)OC(=O)c2ccccc2)c1. The summed E-state index contributed by atoms with van der Waals surface area (Å²) in [5.74, 6) is -2.95. The van der Waals surface area contributed by atoms with Crippen molar-refractivity contribution >= 4 is 17.9 Å². The monoisotopic (exact) mass is 382 g/mol. The van der Waals surface area contributed by atoms with Crippen LogP contribution < -0.4 is 0 Å². The highest BCUT2D eigenvalue weighted by Gasteiger charge is 2.24. The summed E-state index contributed by atoms with van der Waals surface area (Å²) in [6.45, 7) is 3.92. The van der Waals surface area contributed by atoms with Crippen molar-refractivity contribution in [3.63, 3.8) is 0 Å². The molecule has 0 heterocycles.